The van der Waals surface area contributed by atoms with Gasteiger partial charge in [-0.15, -0.1) is 0 Å². The number of benzene rings is 3. The lowest BCUT2D eigenvalue weighted by atomic mass is 9.89. The maximum absolute atomic E-state index is 9.69. The molecular weight excluding hydrogens is 278 g/mol. The average molecular weight is 299 g/mol. The van der Waals surface area contributed by atoms with Crippen LogP contribution in [0, 0.1) is 11.3 Å². The van der Waals surface area contributed by atoms with E-state index in [-0.39, 0.29) is 5.92 Å². The van der Waals surface area contributed by atoms with Crippen LogP contribution in [0.3, 0.4) is 0 Å². The molecule has 0 radical (unpaired) electrons. The highest BCUT2D eigenvalue weighted by molar-refractivity contribution is 5.86. The summed E-state index contributed by atoms with van der Waals surface area (Å²) in [5.74, 6) is 0.417. The van der Waals surface area contributed by atoms with E-state index in [9.17, 15) is 5.26 Å². The van der Waals surface area contributed by atoms with Gasteiger partial charge in [-0.2, -0.15) is 5.26 Å². The van der Waals surface area contributed by atoms with Gasteiger partial charge in [0.05, 0.1) is 12.0 Å². The van der Waals surface area contributed by atoms with Crippen LogP contribution in [-0.2, 0) is 6.42 Å². The monoisotopic (exact) mass is 299 g/mol. The van der Waals surface area contributed by atoms with Gasteiger partial charge < -0.3 is 0 Å². The summed E-state index contributed by atoms with van der Waals surface area (Å²) in [6.45, 7) is 4.40. The van der Waals surface area contributed by atoms with Gasteiger partial charge in [-0.25, -0.2) is 0 Å². The van der Waals surface area contributed by atoms with E-state index in [0.29, 0.717) is 5.92 Å². The van der Waals surface area contributed by atoms with Crippen LogP contribution in [0.1, 0.15) is 42.4 Å². The van der Waals surface area contributed by atoms with E-state index in [1.165, 1.54) is 21.9 Å². The topological polar surface area (TPSA) is 23.8 Å². The number of nitrogens with zero attached hydrogens (tertiary/aromatic N) is 1. The van der Waals surface area contributed by atoms with Crippen LogP contribution in [0.4, 0.5) is 0 Å². The van der Waals surface area contributed by atoms with Crippen LogP contribution in [0.15, 0.2) is 66.7 Å². The van der Waals surface area contributed by atoms with E-state index in [4.69, 9.17) is 0 Å². The number of nitriles is 1. The molecule has 0 spiro atoms. The minimum atomic E-state index is -0.119. The third-order valence-electron chi connectivity index (χ3n) is 4.44. The van der Waals surface area contributed by atoms with E-state index in [0.717, 1.165) is 12.0 Å². The lowest BCUT2D eigenvalue weighted by Crippen LogP contribution is -2.02. The average Bonchev–Trinajstić information content (AvgIpc) is 2.59. The zero-order valence-corrected chi connectivity index (χ0v) is 13.7. The molecule has 23 heavy (non-hydrogen) atoms. The second-order valence-corrected chi connectivity index (χ2v) is 6.35. The number of hydrogen-bond donors (Lipinski definition) is 0. The molecule has 0 N–H and O–H groups in total. The predicted molar refractivity (Wildman–Crippen MR) is 96.5 cm³/mol. The normalized spacial score (nSPS) is 12.3. The summed E-state index contributed by atoms with van der Waals surface area (Å²) in [7, 11) is 0. The summed E-state index contributed by atoms with van der Waals surface area (Å²) in [6.07, 6.45) is 0.753. The number of fused-ring (bicyclic) bond motifs is 1. The number of hydrogen-bond acceptors (Lipinski definition) is 1. The molecule has 3 rings (SSSR count). The first-order chi connectivity index (χ1) is 11.2. The van der Waals surface area contributed by atoms with Gasteiger partial charge in [-0.05, 0) is 39.8 Å². The van der Waals surface area contributed by atoms with Crippen molar-refractivity contribution < 1.29 is 0 Å². The largest absolute Gasteiger partial charge is 0.198 e. The third-order valence-corrected chi connectivity index (χ3v) is 4.44. The van der Waals surface area contributed by atoms with E-state index >= 15 is 0 Å². The highest BCUT2D eigenvalue weighted by Gasteiger charge is 2.14. The Bertz CT molecular complexity index is 832. The summed E-state index contributed by atoms with van der Waals surface area (Å²) in [4.78, 5) is 0. The zero-order valence-electron chi connectivity index (χ0n) is 13.7. The van der Waals surface area contributed by atoms with Gasteiger partial charge >= 0.3 is 0 Å². The van der Waals surface area contributed by atoms with Gasteiger partial charge in [-0.3, -0.25) is 0 Å². The lowest BCUT2D eigenvalue weighted by Gasteiger charge is -2.13. The summed E-state index contributed by atoms with van der Waals surface area (Å²) in [5.41, 5.74) is 3.68. The van der Waals surface area contributed by atoms with Crippen molar-refractivity contribution in [2.24, 2.45) is 0 Å². The van der Waals surface area contributed by atoms with Crippen LogP contribution in [0.2, 0.25) is 0 Å². The fraction of sp³-hybridized carbons (Fsp3) is 0.227. The zero-order chi connectivity index (χ0) is 16.2. The van der Waals surface area contributed by atoms with Crippen molar-refractivity contribution in [2.45, 2.75) is 32.1 Å². The third kappa shape index (κ3) is 3.27. The number of rotatable bonds is 4. The standard InChI is InChI=1S/C22H21N/c1-16(2)18-12-10-17(11-13-18)14-20(15-23)22-9-5-7-19-6-3-4-8-21(19)22/h3-13,16,20H,14H2,1-2H3. The van der Waals surface area contributed by atoms with Gasteiger partial charge in [0.2, 0.25) is 0 Å². The van der Waals surface area contributed by atoms with E-state index in [1.54, 1.807) is 0 Å². The Hall–Kier alpha value is -2.59. The minimum Gasteiger partial charge on any atom is -0.198 e. The Morgan fingerprint density at radius 3 is 2.26 bits per heavy atom. The van der Waals surface area contributed by atoms with Gasteiger partial charge in [0.25, 0.3) is 0 Å². The highest BCUT2D eigenvalue weighted by Crippen LogP contribution is 2.28. The molecule has 0 fully saturated rings. The first-order valence-electron chi connectivity index (χ1n) is 8.15. The van der Waals surface area contributed by atoms with Crippen molar-refractivity contribution in [2.75, 3.05) is 0 Å². The summed E-state index contributed by atoms with van der Waals surface area (Å²) in [6, 6.07) is 25.7. The molecular formula is C22H21N. The van der Waals surface area contributed by atoms with Gasteiger partial charge in [0, 0.05) is 0 Å². The maximum atomic E-state index is 9.69. The molecule has 0 aromatic heterocycles. The van der Waals surface area contributed by atoms with Crippen LogP contribution < -0.4 is 0 Å². The van der Waals surface area contributed by atoms with Gasteiger partial charge in [-0.1, -0.05) is 80.6 Å². The fourth-order valence-corrected chi connectivity index (χ4v) is 3.05. The van der Waals surface area contributed by atoms with Crippen molar-refractivity contribution >= 4 is 10.8 Å². The molecule has 0 heterocycles. The Balaban J connectivity index is 1.92. The molecule has 0 saturated heterocycles. The Labute approximate surface area is 138 Å². The molecule has 1 atom stereocenters. The smallest absolute Gasteiger partial charge is 0.0759 e. The molecule has 1 unspecified atom stereocenters. The van der Waals surface area contributed by atoms with Crippen molar-refractivity contribution in [1.29, 1.82) is 5.26 Å². The quantitative estimate of drug-likeness (QED) is 0.596. The first kappa shape index (κ1) is 15.3. The molecule has 114 valence electrons. The second-order valence-electron chi connectivity index (χ2n) is 6.35. The first-order valence-corrected chi connectivity index (χ1v) is 8.15. The van der Waals surface area contributed by atoms with Crippen LogP contribution >= 0.6 is 0 Å². The molecule has 0 bridgehead atoms. The van der Waals surface area contributed by atoms with Gasteiger partial charge in [0.1, 0.15) is 0 Å². The van der Waals surface area contributed by atoms with E-state index < -0.39 is 0 Å². The summed E-state index contributed by atoms with van der Waals surface area (Å²) < 4.78 is 0. The van der Waals surface area contributed by atoms with Crippen LogP contribution in [0.25, 0.3) is 10.8 Å². The predicted octanol–water partition coefficient (Wildman–Crippen LogP) is 5.81. The summed E-state index contributed by atoms with van der Waals surface area (Å²) in [5, 5.41) is 12.1. The Morgan fingerprint density at radius 1 is 0.870 bits per heavy atom. The van der Waals surface area contributed by atoms with Crippen LogP contribution in [-0.4, -0.2) is 0 Å². The molecule has 0 aliphatic rings. The van der Waals surface area contributed by atoms with Crippen molar-refractivity contribution in [1.82, 2.24) is 0 Å². The SMILES string of the molecule is CC(C)c1ccc(CC(C#N)c2cccc3ccccc23)cc1. The highest BCUT2D eigenvalue weighted by atomic mass is 14.3. The molecule has 0 amide bonds. The molecule has 0 aliphatic heterocycles. The second kappa shape index (κ2) is 6.67. The fourth-order valence-electron chi connectivity index (χ4n) is 3.05. The minimum absolute atomic E-state index is 0.119. The molecule has 3 aromatic carbocycles. The van der Waals surface area contributed by atoms with Crippen molar-refractivity contribution in [3.05, 3.63) is 83.4 Å². The van der Waals surface area contributed by atoms with Crippen LogP contribution in [0.5, 0.6) is 0 Å². The van der Waals surface area contributed by atoms with Crippen molar-refractivity contribution in [3.8, 4) is 6.07 Å². The Morgan fingerprint density at radius 2 is 1.57 bits per heavy atom. The molecule has 0 saturated carbocycles. The molecule has 0 aliphatic carbocycles. The molecule has 1 heteroatoms. The van der Waals surface area contributed by atoms with Gasteiger partial charge in [0.15, 0.2) is 0 Å². The molecule has 1 nitrogen and oxygen atoms in total. The van der Waals surface area contributed by atoms with E-state index in [2.05, 4.69) is 68.4 Å². The summed E-state index contributed by atoms with van der Waals surface area (Å²) >= 11 is 0. The maximum Gasteiger partial charge on any atom is 0.0759 e. The molecule has 3 aromatic rings. The lowest BCUT2D eigenvalue weighted by molar-refractivity contribution is 0.843. The van der Waals surface area contributed by atoms with Crippen molar-refractivity contribution in [3.63, 3.8) is 0 Å². The van der Waals surface area contributed by atoms with E-state index in [1.807, 2.05) is 18.2 Å². The Kier molecular flexibility index (Phi) is 4.44.